The van der Waals surface area contributed by atoms with Gasteiger partial charge < -0.3 is 4.74 Å². The summed E-state index contributed by atoms with van der Waals surface area (Å²) in [6.07, 6.45) is 0. The van der Waals surface area contributed by atoms with Crippen molar-refractivity contribution in [3.05, 3.63) is 68.2 Å². The van der Waals surface area contributed by atoms with Crippen LogP contribution in [0.1, 0.15) is 26.3 Å². The molecule has 0 fully saturated rings. The molecule has 0 saturated heterocycles. The lowest BCUT2D eigenvalue weighted by atomic mass is 10.1. The highest BCUT2D eigenvalue weighted by atomic mass is 35.5. The van der Waals surface area contributed by atoms with Crippen LogP contribution in [0.2, 0.25) is 5.02 Å². The molecule has 2 aromatic carbocycles. The minimum absolute atomic E-state index is 0.0269. The highest BCUT2D eigenvalue weighted by molar-refractivity contribution is 6.31. The number of hydrogen-bond acceptors (Lipinski definition) is 5. The molecule has 0 saturated carbocycles. The first kappa shape index (κ1) is 15.9. The predicted molar refractivity (Wildman–Crippen MR) is 85.3 cm³/mol. The molecule has 2 amide bonds. The molecule has 3 rings (SSSR count). The Labute approximate surface area is 141 Å². The molecular weight excluding hydrogens is 336 g/mol. The van der Waals surface area contributed by atoms with Crippen LogP contribution < -0.4 is 4.74 Å². The molecule has 0 spiro atoms. The van der Waals surface area contributed by atoms with Crippen molar-refractivity contribution in [3.63, 3.8) is 0 Å². The van der Waals surface area contributed by atoms with Crippen LogP contribution in [0.4, 0.5) is 5.69 Å². The lowest BCUT2D eigenvalue weighted by molar-refractivity contribution is -0.385. The van der Waals surface area contributed by atoms with Crippen molar-refractivity contribution in [2.45, 2.75) is 6.54 Å². The standard InChI is InChI=1S/C16H11ClN2O5/c1-24-14-9(6-10(17)7-13(14)19(22)23)8-18-15(20)11-4-2-3-5-12(11)16(18)21/h2-7H,8H2,1H3. The third kappa shape index (κ3) is 2.48. The zero-order valence-electron chi connectivity index (χ0n) is 12.5. The van der Waals surface area contributed by atoms with Crippen molar-refractivity contribution in [1.29, 1.82) is 0 Å². The lowest BCUT2D eigenvalue weighted by Crippen LogP contribution is -2.29. The van der Waals surface area contributed by atoms with Gasteiger partial charge in [0.1, 0.15) is 0 Å². The molecule has 122 valence electrons. The van der Waals surface area contributed by atoms with Crippen LogP contribution >= 0.6 is 11.6 Å². The van der Waals surface area contributed by atoms with Crippen molar-refractivity contribution in [2.24, 2.45) is 0 Å². The lowest BCUT2D eigenvalue weighted by Gasteiger charge is -2.16. The Morgan fingerprint density at radius 2 is 1.75 bits per heavy atom. The number of rotatable bonds is 4. The summed E-state index contributed by atoms with van der Waals surface area (Å²) in [5.41, 5.74) is 0.568. The van der Waals surface area contributed by atoms with E-state index in [9.17, 15) is 19.7 Å². The first-order valence-corrected chi connectivity index (χ1v) is 7.28. The molecule has 7 nitrogen and oxygen atoms in total. The van der Waals surface area contributed by atoms with E-state index >= 15 is 0 Å². The van der Waals surface area contributed by atoms with Crippen LogP contribution in [-0.2, 0) is 6.54 Å². The van der Waals surface area contributed by atoms with Crippen molar-refractivity contribution in [3.8, 4) is 5.75 Å². The number of carbonyl (C=O) groups excluding carboxylic acids is 2. The number of methoxy groups -OCH3 is 1. The number of nitro groups is 1. The van der Waals surface area contributed by atoms with Crippen LogP contribution in [0.3, 0.4) is 0 Å². The number of hydrogen-bond donors (Lipinski definition) is 0. The zero-order valence-corrected chi connectivity index (χ0v) is 13.2. The van der Waals surface area contributed by atoms with E-state index in [2.05, 4.69) is 0 Å². The summed E-state index contributed by atoms with van der Waals surface area (Å²) in [5, 5.41) is 11.3. The summed E-state index contributed by atoms with van der Waals surface area (Å²) in [5.74, 6) is -0.943. The Morgan fingerprint density at radius 3 is 2.25 bits per heavy atom. The zero-order chi connectivity index (χ0) is 17.4. The Bertz CT molecular complexity index is 846. The summed E-state index contributed by atoms with van der Waals surface area (Å²) in [7, 11) is 1.28. The first-order chi connectivity index (χ1) is 11.4. The van der Waals surface area contributed by atoms with E-state index in [0.29, 0.717) is 11.1 Å². The van der Waals surface area contributed by atoms with E-state index < -0.39 is 16.7 Å². The summed E-state index contributed by atoms with van der Waals surface area (Å²) >= 11 is 5.92. The summed E-state index contributed by atoms with van der Waals surface area (Å²) in [4.78, 5) is 36.4. The van der Waals surface area contributed by atoms with Crippen LogP contribution in [0, 0.1) is 10.1 Å². The van der Waals surface area contributed by atoms with Crippen molar-refractivity contribution < 1.29 is 19.2 Å². The summed E-state index contributed by atoms with van der Waals surface area (Å²) in [6.45, 7) is -0.170. The molecule has 8 heteroatoms. The van der Waals surface area contributed by atoms with E-state index in [4.69, 9.17) is 16.3 Å². The Balaban J connectivity index is 2.03. The van der Waals surface area contributed by atoms with Gasteiger partial charge in [-0.2, -0.15) is 0 Å². The Kier molecular flexibility index (Phi) is 3.94. The fraction of sp³-hybridized carbons (Fsp3) is 0.125. The number of imide groups is 1. The molecule has 2 aromatic rings. The van der Waals surface area contributed by atoms with E-state index in [1.54, 1.807) is 24.3 Å². The molecule has 0 bridgehead atoms. The molecule has 1 aliphatic rings. The fourth-order valence-electron chi connectivity index (χ4n) is 2.68. The van der Waals surface area contributed by atoms with Gasteiger partial charge in [-0.25, -0.2) is 0 Å². The Morgan fingerprint density at radius 1 is 1.17 bits per heavy atom. The molecule has 0 aromatic heterocycles. The number of carbonyl (C=O) groups is 2. The Hall–Kier alpha value is -2.93. The number of ether oxygens (including phenoxy) is 1. The smallest absolute Gasteiger partial charge is 0.312 e. The molecule has 0 unspecified atom stereocenters. The van der Waals surface area contributed by atoms with Gasteiger partial charge in [0.15, 0.2) is 0 Å². The van der Waals surface area contributed by atoms with Crippen molar-refractivity contribution in [1.82, 2.24) is 4.90 Å². The monoisotopic (exact) mass is 346 g/mol. The minimum Gasteiger partial charge on any atom is -0.490 e. The van der Waals surface area contributed by atoms with Gasteiger partial charge in [0.25, 0.3) is 11.8 Å². The van der Waals surface area contributed by atoms with Crippen LogP contribution in [0.15, 0.2) is 36.4 Å². The van der Waals surface area contributed by atoms with Gasteiger partial charge in [0.2, 0.25) is 5.75 Å². The van der Waals surface area contributed by atoms with E-state index in [0.717, 1.165) is 11.0 Å². The highest BCUT2D eigenvalue weighted by Gasteiger charge is 2.36. The minimum atomic E-state index is -0.628. The van der Waals surface area contributed by atoms with E-state index in [1.807, 2.05) is 0 Å². The van der Waals surface area contributed by atoms with Gasteiger partial charge in [0, 0.05) is 16.7 Å². The van der Waals surface area contributed by atoms with Crippen LogP contribution in [0.5, 0.6) is 5.75 Å². The molecule has 0 aliphatic carbocycles. The van der Waals surface area contributed by atoms with E-state index in [-0.39, 0.29) is 28.6 Å². The quantitative estimate of drug-likeness (QED) is 0.482. The maximum absolute atomic E-state index is 12.4. The predicted octanol–water partition coefficient (Wildman–Crippen LogP) is 3.05. The maximum atomic E-state index is 12.4. The molecule has 1 aliphatic heterocycles. The topological polar surface area (TPSA) is 89.8 Å². The third-order valence-corrected chi connectivity index (χ3v) is 3.94. The van der Waals surface area contributed by atoms with Gasteiger partial charge in [0.05, 0.1) is 29.7 Å². The number of nitro benzene ring substituents is 1. The fourth-order valence-corrected chi connectivity index (χ4v) is 2.91. The molecule has 24 heavy (non-hydrogen) atoms. The second-order valence-corrected chi connectivity index (χ2v) is 5.55. The average Bonchev–Trinajstić information content (AvgIpc) is 2.80. The molecule has 0 atom stereocenters. The molecule has 1 heterocycles. The molecular formula is C16H11ClN2O5. The van der Waals surface area contributed by atoms with Crippen LogP contribution in [-0.4, -0.2) is 28.7 Å². The third-order valence-electron chi connectivity index (χ3n) is 3.72. The second-order valence-electron chi connectivity index (χ2n) is 5.12. The molecule has 0 N–H and O–H groups in total. The van der Waals surface area contributed by atoms with Gasteiger partial charge >= 0.3 is 5.69 Å². The largest absolute Gasteiger partial charge is 0.490 e. The van der Waals surface area contributed by atoms with Gasteiger partial charge in [-0.3, -0.25) is 24.6 Å². The SMILES string of the molecule is COc1c(CN2C(=O)c3ccccc3C2=O)cc(Cl)cc1[N+](=O)[O-]. The summed E-state index contributed by atoms with van der Waals surface area (Å²) in [6, 6.07) is 9.06. The second kappa shape index (κ2) is 5.93. The maximum Gasteiger partial charge on any atom is 0.312 e. The van der Waals surface area contributed by atoms with Gasteiger partial charge in [-0.05, 0) is 18.2 Å². The average molecular weight is 347 g/mol. The number of fused-ring (bicyclic) bond motifs is 1. The first-order valence-electron chi connectivity index (χ1n) is 6.90. The number of amides is 2. The van der Waals surface area contributed by atoms with Crippen molar-refractivity contribution in [2.75, 3.05) is 7.11 Å². The van der Waals surface area contributed by atoms with Crippen LogP contribution in [0.25, 0.3) is 0 Å². The molecule has 0 radical (unpaired) electrons. The normalized spacial score (nSPS) is 13.2. The van der Waals surface area contributed by atoms with Gasteiger partial charge in [-0.1, -0.05) is 23.7 Å². The van der Waals surface area contributed by atoms with Crippen molar-refractivity contribution >= 4 is 29.1 Å². The highest BCUT2D eigenvalue weighted by Crippen LogP contribution is 2.36. The number of halogens is 1. The number of nitrogens with zero attached hydrogens (tertiary/aromatic N) is 2. The number of benzene rings is 2. The van der Waals surface area contributed by atoms with Gasteiger partial charge in [-0.15, -0.1) is 0 Å². The summed E-state index contributed by atoms with van der Waals surface area (Å²) < 4.78 is 5.10. The van der Waals surface area contributed by atoms with E-state index in [1.165, 1.54) is 13.2 Å².